The van der Waals surface area contributed by atoms with Crippen molar-refractivity contribution < 1.29 is 9.53 Å². The van der Waals surface area contributed by atoms with Crippen molar-refractivity contribution in [3.63, 3.8) is 0 Å². The molecular formula is C13H12N2O2. The normalized spacial score (nSPS) is 9.94. The highest BCUT2D eigenvalue weighted by atomic mass is 16.5. The number of aromatic nitrogens is 1. The van der Waals surface area contributed by atoms with Crippen molar-refractivity contribution in [2.45, 2.75) is 0 Å². The second kappa shape index (κ2) is 4.65. The lowest BCUT2D eigenvalue weighted by atomic mass is 10.0. The largest absolute Gasteiger partial charge is 0.497 e. The number of hydrogen-bond donors (Lipinski definition) is 1. The van der Waals surface area contributed by atoms with E-state index in [-0.39, 0.29) is 5.78 Å². The summed E-state index contributed by atoms with van der Waals surface area (Å²) < 4.78 is 5.08. The summed E-state index contributed by atoms with van der Waals surface area (Å²) in [7, 11) is 1.55. The van der Waals surface area contributed by atoms with E-state index in [2.05, 4.69) is 4.98 Å². The van der Waals surface area contributed by atoms with Crippen LogP contribution in [0, 0.1) is 0 Å². The Morgan fingerprint density at radius 2 is 1.94 bits per heavy atom. The monoisotopic (exact) mass is 228 g/mol. The minimum atomic E-state index is -0.135. The van der Waals surface area contributed by atoms with Gasteiger partial charge in [0.2, 0.25) is 0 Å². The van der Waals surface area contributed by atoms with Crippen LogP contribution in [0.5, 0.6) is 5.75 Å². The van der Waals surface area contributed by atoms with E-state index < -0.39 is 0 Å². The molecule has 0 saturated heterocycles. The SMILES string of the molecule is COc1ccc(N)c(C(=O)c2ccncc2)c1. The first-order valence-electron chi connectivity index (χ1n) is 5.10. The number of nitrogens with zero attached hydrogens (tertiary/aromatic N) is 1. The second-order valence-corrected chi connectivity index (χ2v) is 3.52. The van der Waals surface area contributed by atoms with Crippen LogP contribution in [0.1, 0.15) is 15.9 Å². The molecule has 0 amide bonds. The van der Waals surface area contributed by atoms with E-state index in [1.807, 2.05) is 0 Å². The van der Waals surface area contributed by atoms with Gasteiger partial charge in [-0.1, -0.05) is 0 Å². The second-order valence-electron chi connectivity index (χ2n) is 3.52. The fourth-order valence-corrected chi connectivity index (χ4v) is 1.52. The lowest BCUT2D eigenvalue weighted by Crippen LogP contribution is -2.05. The molecule has 0 aliphatic carbocycles. The van der Waals surface area contributed by atoms with E-state index in [9.17, 15) is 4.79 Å². The lowest BCUT2D eigenvalue weighted by molar-refractivity contribution is 0.103. The maximum Gasteiger partial charge on any atom is 0.195 e. The third-order valence-electron chi connectivity index (χ3n) is 2.45. The topological polar surface area (TPSA) is 65.2 Å². The van der Waals surface area contributed by atoms with Gasteiger partial charge in [0, 0.05) is 29.2 Å². The van der Waals surface area contributed by atoms with E-state index in [0.717, 1.165) is 0 Å². The predicted molar refractivity (Wildman–Crippen MR) is 65.1 cm³/mol. The molecule has 0 atom stereocenters. The summed E-state index contributed by atoms with van der Waals surface area (Å²) in [6, 6.07) is 8.33. The van der Waals surface area contributed by atoms with E-state index in [1.165, 1.54) is 0 Å². The molecule has 0 aliphatic rings. The molecule has 0 fully saturated rings. The first-order chi connectivity index (χ1) is 8.22. The van der Waals surface area contributed by atoms with Gasteiger partial charge in [-0.2, -0.15) is 0 Å². The molecule has 4 heteroatoms. The number of nitrogens with two attached hydrogens (primary N) is 1. The Balaban J connectivity index is 2.44. The fourth-order valence-electron chi connectivity index (χ4n) is 1.52. The smallest absolute Gasteiger partial charge is 0.195 e. The molecular weight excluding hydrogens is 216 g/mol. The number of carbonyl (C=O) groups is 1. The first-order valence-corrected chi connectivity index (χ1v) is 5.10. The minimum absolute atomic E-state index is 0.135. The Morgan fingerprint density at radius 3 is 2.59 bits per heavy atom. The highest BCUT2D eigenvalue weighted by Gasteiger charge is 2.12. The summed E-state index contributed by atoms with van der Waals surface area (Å²) in [5.41, 5.74) is 7.22. The number of rotatable bonds is 3. The standard InChI is InChI=1S/C13H12N2O2/c1-17-10-2-3-12(14)11(8-10)13(16)9-4-6-15-7-5-9/h2-8H,14H2,1H3. The Bertz CT molecular complexity index is 538. The number of nitrogen functional groups attached to an aromatic ring is 1. The molecule has 0 aliphatic heterocycles. The van der Waals surface area contributed by atoms with Crippen LogP contribution < -0.4 is 10.5 Å². The minimum Gasteiger partial charge on any atom is -0.497 e. The predicted octanol–water partition coefficient (Wildman–Crippen LogP) is 1.90. The number of ether oxygens (including phenoxy) is 1. The van der Waals surface area contributed by atoms with Crippen LogP contribution in [0.4, 0.5) is 5.69 Å². The molecule has 4 nitrogen and oxygen atoms in total. The Labute approximate surface area is 99.1 Å². The van der Waals surface area contributed by atoms with E-state index in [0.29, 0.717) is 22.6 Å². The van der Waals surface area contributed by atoms with Crippen LogP contribution in [0.25, 0.3) is 0 Å². The van der Waals surface area contributed by atoms with Crippen molar-refractivity contribution in [2.75, 3.05) is 12.8 Å². The van der Waals surface area contributed by atoms with Gasteiger partial charge >= 0.3 is 0 Å². The van der Waals surface area contributed by atoms with Gasteiger partial charge < -0.3 is 10.5 Å². The van der Waals surface area contributed by atoms with Crippen molar-refractivity contribution in [2.24, 2.45) is 0 Å². The molecule has 1 aromatic heterocycles. The first kappa shape index (κ1) is 11.1. The van der Waals surface area contributed by atoms with Gasteiger partial charge in [-0.25, -0.2) is 0 Å². The summed E-state index contributed by atoms with van der Waals surface area (Å²) >= 11 is 0. The lowest BCUT2D eigenvalue weighted by Gasteiger charge is -2.07. The van der Waals surface area contributed by atoms with Gasteiger partial charge in [-0.15, -0.1) is 0 Å². The van der Waals surface area contributed by atoms with Crippen LogP contribution in [0.15, 0.2) is 42.7 Å². The van der Waals surface area contributed by atoms with Crippen molar-refractivity contribution in [1.82, 2.24) is 4.98 Å². The van der Waals surface area contributed by atoms with E-state index in [1.54, 1.807) is 49.8 Å². The summed E-state index contributed by atoms with van der Waals surface area (Å²) in [5.74, 6) is 0.473. The summed E-state index contributed by atoms with van der Waals surface area (Å²) in [5, 5.41) is 0. The van der Waals surface area contributed by atoms with Crippen molar-refractivity contribution >= 4 is 11.5 Å². The molecule has 86 valence electrons. The van der Waals surface area contributed by atoms with Gasteiger partial charge in [0.1, 0.15) is 5.75 Å². The fraction of sp³-hybridized carbons (Fsp3) is 0.0769. The average Bonchev–Trinajstić information content (AvgIpc) is 2.39. The zero-order chi connectivity index (χ0) is 12.3. The zero-order valence-electron chi connectivity index (χ0n) is 9.38. The van der Waals surface area contributed by atoms with E-state index in [4.69, 9.17) is 10.5 Å². The Hall–Kier alpha value is -2.36. The highest BCUT2D eigenvalue weighted by molar-refractivity contribution is 6.12. The zero-order valence-corrected chi connectivity index (χ0v) is 9.38. The number of methoxy groups -OCH3 is 1. The van der Waals surface area contributed by atoms with Crippen molar-refractivity contribution in [1.29, 1.82) is 0 Å². The Kier molecular flexibility index (Phi) is 3.05. The molecule has 2 rings (SSSR count). The summed E-state index contributed by atoms with van der Waals surface area (Å²) in [4.78, 5) is 16.0. The van der Waals surface area contributed by atoms with E-state index >= 15 is 0 Å². The molecule has 1 heterocycles. The van der Waals surface area contributed by atoms with Gasteiger partial charge in [0.05, 0.1) is 7.11 Å². The number of ketones is 1. The van der Waals surface area contributed by atoms with Crippen molar-refractivity contribution in [3.05, 3.63) is 53.9 Å². The molecule has 2 N–H and O–H groups in total. The molecule has 1 aromatic carbocycles. The number of carbonyl (C=O) groups excluding carboxylic acids is 1. The van der Waals surface area contributed by atoms with Gasteiger partial charge in [-0.05, 0) is 30.3 Å². The number of pyridine rings is 1. The average molecular weight is 228 g/mol. The van der Waals surface area contributed by atoms with Gasteiger partial charge in [0.25, 0.3) is 0 Å². The highest BCUT2D eigenvalue weighted by Crippen LogP contribution is 2.22. The number of anilines is 1. The third-order valence-corrected chi connectivity index (χ3v) is 2.45. The molecule has 0 bridgehead atoms. The van der Waals surface area contributed by atoms with Gasteiger partial charge in [0.15, 0.2) is 5.78 Å². The van der Waals surface area contributed by atoms with Crippen LogP contribution in [-0.2, 0) is 0 Å². The van der Waals surface area contributed by atoms with Crippen LogP contribution in [-0.4, -0.2) is 17.9 Å². The van der Waals surface area contributed by atoms with Crippen molar-refractivity contribution in [3.8, 4) is 5.75 Å². The molecule has 0 radical (unpaired) electrons. The van der Waals surface area contributed by atoms with Crippen LogP contribution in [0.3, 0.4) is 0 Å². The summed E-state index contributed by atoms with van der Waals surface area (Å²) in [6.45, 7) is 0. The number of benzene rings is 1. The Morgan fingerprint density at radius 1 is 1.24 bits per heavy atom. The third kappa shape index (κ3) is 2.25. The maximum absolute atomic E-state index is 12.2. The molecule has 17 heavy (non-hydrogen) atoms. The van der Waals surface area contributed by atoms with Crippen LogP contribution in [0.2, 0.25) is 0 Å². The number of hydrogen-bond acceptors (Lipinski definition) is 4. The molecule has 2 aromatic rings. The molecule has 0 saturated carbocycles. The molecule has 0 spiro atoms. The summed E-state index contributed by atoms with van der Waals surface area (Å²) in [6.07, 6.45) is 3.15. The van der Waals surface area contributed by atoms with Gasteiger partial charge in [-0.3, -0.25) is 9.78 Å². The maximum atomic E-state index is 12.2. The van der Waals surface area contributed by atoms with Crippen LogP contribution >= 0.6 is 0 Å². The quantitative estimate of drug-likeness (QED) is 0.643. The molecule has 0 unspecified atom stereocenters.